The molecule has 0 unspecified atom stereocenters. The van der Waals surface area contributed by atoms with Crippen molar-refractivity contribution in [3.63, 3.8) is 0 Å². The quantitative estimate of drug-likeness (QED) is 0.602. The van der Waals surface area contributed by atoms with Crippen LogP contribution in [0.5, 0.6) is 0 Å². The SMILES string of the molecule is COC(=O)[C@@H]1C(=O)NC(SCCc2ccccc2)=C(C#N)[C@H]1c1ccccc1. The number of nitrogens with zero attached hydrogens (tertiary/aromatic N) is 1. The molecule has 2 aromatic carbocycles. The Kier molecular flexibility index (Phi) is 6.51. The standard InChI is InChI=1S/C22H20N2O3S/c1-27-22(26)19-18(16-10-6-3-7-11-16)17(14-23)21(24-20(19)25)28-13-12-15-8-4-2-5-9-15/h2-11,18-19H,12-13H2,1H3,(H,24,25)/t18-,19+/m1/s1. The van der Waals surface area contributed by atoms with Gasteiger partial charge in [0.2, 0.25) is 5.91 Å². The first-order valence-electron chi connectivity index (χ1n) is 8.90. The van der Waals surface area contributed by atoms with E-state index in [0.29, 0.717) is 16.4 Å². The molecule has 1 aliphatic rings. The van der Waals surface area contributed by atoms with Crippen molar-refractivity contribution in [2.75, 3.05) is 12.9 Å². The van der Waals surface area contributed by atoms with Crippen LogP contribution in [0.25, 0.3) is 0 Å². The van der Waals surface area contributed by atoms with Crippen molar-refractivity contribution in [3.05, 3.63) is 82.4 Å². The van der Waals surface area contributed by atoms with E-state index in [4.69, 9.17) is 4.74 Å². The molecule has 3 rings (SSSR count). The Morgan fingerprint density at radius 1 is 1.14 bits per heavy atom. The number of methoxy groups -OCH3 is 1. The van der Waals surface area contributed by atoms with Gasteiger partial charge in [-0.15, -0.1) is 11.8 Å². The molecule has 0 fully saturated rings. The highest BCUT2D eigenvalue weighted by Gasteiger charge is 2.44. The molecule has 1 aliphatic heterocycles. The second kappa shape index (κ2) is 9.25. The lowest BCUT2D eigenvalue weighted by Crippen LogP contribution is -2.44. The molecule has 0 saturated heterocycles. The number of hydrogen-bond acceptors (Lipinski definition) is 5. The molecule has 142 valence electrons. The summed E-state index contributed by atoms with van der Waals surface area (Å²) in [5, 5.41) is 13.1. The van der Waals surface area contributed by atoms with Gasteiger partial charge in [0.05, 0.1) is 23.8 Å². The Morgan fingerprint density at radius 3 is 2.39 bits per heavy atom. The van der Waals surface area contributed by atoms with E-state index in [1.54, 1.807) is 0 Å². The predicted octanol–water partition coefficient (Wildman–Crippen LogP) is 3.40. The normalized spacial score (nSPS) is 18.9. The number of allylic oxidation sites excluding steroid dienone is 1. The van der Waals surface area contributed by atoms with Gasteiger partial charge in [-0.05, 0) is 17.5 Å². The van der Waals surface area contributed by atoms with E-state index in [0.717, 1.165) is 12.0 Å². The maximum atomic E-state index is 12.7. The highest BCUT2D eigenvalue weighted by Crippen LogP contribution is 2.40. The van der Waals surface area contributed by atoms with Crippen molar-refractivity contribution in [2.24, 2.45) is 5.92 Å². The number of benzene rings is 2. The molecule has 0 bridgehead atoms. The van der Waals surface area contributed by atoms with Crippen LogP contribution >= 0.6 is 11.8 Å². The topological polar surface area (TPSA) is 79.2 Å². The zero-order chi connectivity index (χ0) is 19.9. The first-order chi connectivity index (χ1) is 13.7. The first-order valence-corrected chi connectivity index (χ1v) is 9.89. The van der Waals surface area contributed by atoms with E-state index in [1.165, 1.54) is 24.4 Å². The van der Waals surface area contributed by atoms with Crippen LogP contribution in [0.15, 0.2) is 71.3 Å². The Morgan fingerprint density at radius 2 is 1.79 bits per heavy atom. The summed E-state index contributed by atoms with van der Waals surface area (Å²) in [6, 6.07) is 21.4. The second-order valence-electron chi connectivity index (χ2n) is 6.32. The molecule has 6 heteroatoms. The van der Waals surface area contributed by atoms with Crippen LogP contribution in [0.1, 0.15) is 17.0 Å². The highest BCUT2D eigenvalue weighted by atomic mass is 32.2. The fourth-order valence-electron chi connectivity index (χ4n) is 3.26. The van der Waals surface area contributed by atoms with E-state index in [9.17, 15) is 14.9 Å². The number of carbonyl (C=O) groups excluding carboxylic acids is 2. The van der Waals surface area contributed by atoms with Gasteiger partial charge in [-0.3, -0.25) is 9.59 Å². The van der Waals surface area contributed by atoms with E-state index in [1.807, 2.05) is 60.7 Å². The summed E-state index contributed by atoms with van der Waals surface area (Å²) in [5.74, 6) is -2.13. The molecule has 0 aliphatic carbocycles. The number of esters is 1. The number of nitrogens with one attached hydrogen (secondary N) is 1. The van der Waals surface area contributed by atoms with Crippen LogP contribution in [0, 0.1) is 17.2 Å². The third kappa shape index (κ3) is 4.26. The lowest BCUT2D eigenvalue weighted by molar-refractivity contribution is -0.150. The van der Waals surface area contributed by atoms with E-state index >= 15 is 0 Å². The molecule has 2 atom stereocenters. The van der Waals surface area contributed by atoms with Gasteiger partial charge >= 0.3 is 5.97 Å². The number of amides is 1. The lowest BCUT2D eigenvalue weighted by atomic mass is 9.78. The number of ether oxygens (including phenoxy) is 1. The lowest BCUT2D eigenvalue weighted by Gasteiger charge is -2.31. The first kappa shape index (κ1) is 19.7. The number of aryl methyl sites for hydroxylation is 1. The molecule has 1 amide bonds. The number of carbonyl (C=O) groups is 2. The fraction of sp³-hybridized carbons (Fsp3) is 0.227. The van der Waals surface area contributed by atoms with Crippen LogP contribution in [0.3, 0.4) is 0 Å². The summed E-state index contributed by atoms with van der Waals surface area (Å²) in [6.07, 6.45) is 0.806. The van der Waals surface area contributed by atoms with Crippen molar-refractivity contribution >= 4 is 23.6 Å². The van der Waals surface area contributed by atoms with Gasteiger partial charge in [0.1, 0.15) is 5.92 Å². The van der Waals surface area contributed by atoms with Gasteiger partial charge in [-0.25, -0.2) is 0 Å². The summed E-state index contributed by atoms with van der Waals surface area (Å²) >= 11 is 1.42. The molecule has 28 heavy (non-hydrogen) atoms. The van der Waals surface area contributed by atoms with Crippen LogP contribution in [-0.4, -0.2) is 24.7 Å². The Bertz CT molecular complexity index is 920. The molecule has 0 spiro atoms. The van der Waals surface area contributed by atoms with Crippen LogP contribution < -0.4 is 5.32 Å². The van der Waals surface area contributed by atoms with E-state index in [-0.39, 0.29) is 0 Å². The largest absolute Gasteiger partial charge is 0.468 e. The van der Waals surface area contributed by atoms with Gasteiger partial charge in [-0.1, -0.05) is 60.7 Å². The van der Waals surface area contributed by atoms with Gasteiger partial charge in [0, 0.05) is 11.7 Å². The minimum absolute atomic E-state index is 0.388. The van der Waals surface area contributed by atoms with Crippen molar-refractivity contribution in [1.82, 2.24) is 5.32 Å². The highest BCUT2D eigenvalue weighted by molar-refractivity contribution is 8.03. The Labute approximate surface area is 168 Å². The average Bonchev–Trinajstić information content (AvgIpc) is 2.74. The second-order valence-corrected chi connectivity index (χ2v) is 7.42. The number of thioether (sulfide) groups is 1. The summed E-state index contributed by atoms with van der Waals surface area (Å²) in [6.45, 7) is 0. The Hall–Kier alpha value is -3.04. The number of rotatable bonds is 6. The zero-order valence-electron chi connectivity index (χ0n) is 15.4. The molecule has 1 N–H and O–H groups in total. The van der Waals surface area contributed by atoms with E-state index < -0.39 is 23.7 Å². The Balaban J connectivity index is 1.91. The molecule has 0 radical (unpaired) electrons. The third-order valence-electron chi connectivity index (χ3n) is 4.62. The molecule has 1 heterocycles. The maximum absolute atomic E-state index is 12.7. The summed E-state index contributed by atoms with van der Waals surface area (Å²) in [7, 11) is 1.25. The van der Waals surface area contributed by atoms with Crippen LogP contribution in [0.4, 0.5) is 0 Å². The molecule has 5 nitrogen and oxygen atoms in total. The number of hydrogen-bond donors (Lipinski definition) is 1. The third-order valence-corrected chi connectivity index (χ3v) is 5.64. The molecular formula is C22H20N2O3S. The predicted molar refractivity (Wildman–Crippen MR) is 108 cm³/mol. The smallest absolute Gasteiger partial charge is 0.319 e. The molecular weight excluding hydrogens is 372 g/mol. The molecule has 0 saturated carbocycles. The fourth-order valence-corrected chi connectivity index (χ4v) is 4.30. The summed E-state index contributed by atoms with van der Waals surface area (Å²) in [5.41, 5.74) is 2.31. The van der Waals surface area contributed by atoms with Crippen LogP contribution in [0.2, 0.25) is 0 Å². The van der Waals surface area contributed by atoms with Crippen molar-refractivity contribution in [2.45, 2.75) is 12.3 Å². The monoisotopic (exact) mass is 392 g/mol. The molecule has 2 aromatic rings. The van der Waals surface area contributed by atoms with Crippen LogP contribution in [-0.2, 0) is 20.7 Å². The van der Waals surface area contributed by atoms with E-state index in [2.05, 4.69) is 11.4 Å². The van der Waals surface area contributed by atoms with Gasteiger partial charge in [0.25, 0.3) is 0 Å². The summed E-state index contributed by atoms with van der Waals surface area (Å²) < 4.78 is 4.84. The summed E-state index contributed by atoms with van der Waals surface area (Å²) in [4.78, 5) is 25.0. The van der Waals surface area contributed by atoms with Gasteiger partial charge < -0.3 is 10.1 Å². The number of nitriles is 1. The average molecular weight is 392 g/mol. The minimum Gasteiger partial charge on any atom is -0.468 e. The van der Waals surface area contributed by atoms with Gasteiger partial charge in [0.15, 0.2) is 0 Å². The van der Waals surface area contributed by atoms with Crippen molar-refractivity contribution in [1.29, 1.82) is 5.26 Å². The van der Waals surface area contributed by atoms with Crippen molar-refractivity contribution in [3.8, 4) is 6.07 Å². The molecule has 0 aromatic heterocycles. The minimum atomic E-state index is -1.08. The maximum Gasteiger partial charge on any atom is 0.319 e. The van der Waals surface area contributed by atoms with Crippen molar-refractivity contribution < 1.29 is 14.3 Å². The zero-order valence-corrected chi connectivity index (χ0v) is 16.2. The van der Waals surface area contributed by atoms with Gasteiger partial charge in [-0.2, -0.15) is 5.26 Å².